The van der Waals surface area contributed by atoms with Gasteiger partial charge in [-0.2, -0.15) is 0 Å². The zero-order valence-corrected chi connectivity index (χ0v) is 8.23. The highest BCUT2D eigenvalue weighted by Gasteiger charge is 2.24. The highest BCUT2D eigenvalue weighted by molar-refractivity contribution is 5.97. The van der Waals surface area contributed by atoms with Crippen molar-refractivity contribution in [3.63, 3.8) is 0 Å². The number of nitrogens with zero attached hydrogens (tertiary/aromatic N) is 1. The molecule has 0 atom stereocenters. The third-order valence-electron chi connectivity index (χ3n) is 1.77. The molecular formula is C9H11NO4. The molecular weight excluding hydrogens is 186 g/mol. The van der Waals surface area contributed by atoms with Crippen LogP contribution in [-0.2, 0) is 4.74 Å². The van der Waals surface area contributed by atoms with Gasteiger partial charge in [0.05, 0.1) is 7.11 Å². The van der Waals surface area contributed by atoms with E-state index in [1.807, 2.05) is 13.8 Å². The van der Waals surface area contributed by atoms with Crippen LogP contribution in [0.15, 0.2) is 4.52 Å². The van der Waals surface area contributed by atoms with Gasteiger partial charge in [0, 0.05) is 5.92 Å². The summed E-state index contributed by atoms with van der Waals surface area (Å²) in [4.78, 5) is 21.9. The summed E-state index contributed by atoms with van der Waals surface area (Å²) in [7, 11) is 1.24. The lowest BCUT2D eigenvalue weighted by Crippen LogP contribution is -2.07. The molecule has 0 aliphatic rings. The fraction of sp³-hybridized carbons (Fsp3) is 0.444. The van der Waals surface area contributed by atoms with Crippen molar-refractivity contribution in [3.8, 4) is 0 Å². The first-order valence-corrected chi connectivity index (χ1v) is 4.14. The molecule has 0 bridgehead atoms. The second-order valence-corrected chi connectivity index (χ2v) is 3.07. The topological polar surface area (TPSA) is 69.4 Å². The van der Waals surface area contributed by atoms with E-state index in [-0.39, 0.29) is 17.2 Å². The van der Waals surface area contributed by atoms with Crippen molar-refractivity contribution in [1.29, 1.82) is 0 Å². The Morgan fingerprint density at radius 2 is 2.21 bits per heavy atom. The van der Waals surface area contributed by atoms with E-state index < -0.39 is 5.97 Å². The van der Waals surface area contributed by atoms with Crippen LogP contribution in [0.25, 0.3) is 0 Å². The van der Waals surface area contributed by atoms with Crippen molar-refractivity contribution < 1.29 is 18.8 Å². The molecule has 0 saturated heterocycles. The van der Waals surface area contributed by atoms with E-state index in [1.165, 1.54) is 7.11 Å². The Morgan fingerprint density at radius 3 is 2.64 bits per heavy atom. The predicted octanol–water partition coefficient (Wildman–Crippen LogP) is 1.40. The van der Waals surface area contributed by atoms with Gasteiger partial charge in [-0.15, -0.1) is 0 Å². The van der Waals surface area contributed by atoms with E-state index >= 15 is 0 Å². The maximum absolute atomic E-state index is 11.3. The van der Waals surface area contributed by atoms with Gasteiger partial charge in [0.1, 0.15) is 5.56 Å². The highest BCUT2D eigenvalue weighted by Crippen LogP contribution is 2.22. The first-order valence-electron chi connectivity index (χ1n) is 4.14. The number of esters is 1. The third kappa shape index (κ3) is 1.66. The molecule has 0 N–H and O–H groups in total. The number of carbonyl (C=O) groups is 2. The lowest BCUT2D eigenvalue weighted by atomic mass is 10.1. The van der Waals surface area contributed by atoms with Crippen molar-refractivity contribution in [2.45, 2.75) is 19.8 Å². The largest absolute Gasteiger partial charge is 0.465 e. The summed E-state index contributed by atoms with van der Waals surface area (Å²) in [5.74, 6) is -0.249. The van der Waals surface area contributed by atoms with Crippen LogP contribution in [0.5, 0.6) is 0 Å². The molecule has 0 fully saturated rings. The van der Waals surface area contributed by atoms with Crippen LogP contribution in [0.4, 0.5) is 0 Å². The number of ether oxygens (including phenoxy) is 1. The SMILES string of the molecule is COC(=O)c1c(C=O)noc1C(C)C. The van der Waals surface area contributed by atoms with Gasteiger partial charge in [0.2, 0.25) is 0 Å². The first-order chi connectivity index (χ1) is 6.61. The highest BCUT2D eigenvalue weighted by atomic mass is 16.5. The average molecular weight is 197 g/mol. The molecule has 0 unspecified atom stereocenters. The van der Waals surface area contributed by atoms with Crippen molar-refractivity contribution in [2.75, 3.05) is 7.11 Å². The molecule has 1 heterocycles. The smallest absolute Gasteiger partial charge is 0.343 e. The number of methoxy groups -OCH3 is 1. The summed E-state index contributed by atoms with van der Waals surface area (Å²) in [5, 5.41) is 3.48. The molecule has 1 aromatic rings. The molecule has 0 aliphatic carbocycles. The van der Waals surface area contributed by atoms with Crippen LogP contribution >= 0.6 is 0 Å². The Balaban J connectivity index is 3.26. The molecule has 76 valence electrons. The Bertz CT molecular complexity index is 354. The minimum Gasteiger partial charge on any atom is -0.465 e. The van der Waals surface area contributed by atoms with E-state index in [0.717, 1.165) is 0 Å². The number of aldehydes is 1. The second kappa shape index (κ2) is 4.04. The zero-order chi connectivity index (χ0) is 10.7. The number of hydrogen-bond donors (Lipinski definition) is 0. The summed E-state index contributed by atoms with van der Waals surface area (Å²) >= 11 is 0. The first kappa shape index (κ1) is 10.4. The summed E-state index contributed by atoms with van der Waals surface area (Å²) in [6, 6.07) is 0. The summed E-state index contributed by atoms with van der Waals surface area (Å²) < 4.78 is 9.42. The van der Waals surface area contributed by atoms with Crippen molar-refractivity contribution >= 4 is 12.3 Å². The fourth-order valence-corrected chi connectivity index (χ4v) is 1.10. The minimum absolute atomic E-state index is 0.0134. The van der Waals surface area contributed by atoms with Crippen LogP contribution in [-0.4, -0.2) is 24.5 Å². The second-order valence-electron chi connectivity index (χ2n) is 3.07. The fourth-order valence-electron chi connectivity index (χ4n) is 1.10. The average Bonchev–Trinajstić information content (AvgIpc) is 2.59. The van der Waals surface area contributed by atoms with E-state index in [4.69, 9.17) is 4.52 Å². The lowest BCUT2D eigenvalue weighted by molar-refractivity contribution is 0.0595. The molecule has 5 nitrogen and oxygen atoms in total. The quantitative estimate of drug-likeness (QED) is 0.541. The van der Waals surface area contributed by atoms with E-state index in [0.29, 0.717) is 12.0 Å². The van der Waals surface area contributed by atoms with Crippen LogP contribution in [0.3, 0.4) is 0 Å². The van der Waals surface area contributed by atoms with Crippen LogP contribution < -0.4 is 0 Å². The molecule has 1 rings (SSSR count). The molecule has 0 spiro atoms. The Morgan fingerprint density at radius 1 is 1.57 bits per heavy atom. The number of hydrogen-bond acceptors (Lipinski definition) is 5. The van der Waals surface area contributed by atoms with Gasteiger partial charge in [-0.05, 0) is 0 Å². The maximum atomic E-state index is 11.3. The molecule has 0 aliphatic heterocycles. The number of carbonyl (C=O) groups excluding carboxylic acids is 2. The van der Waals surface area contributed by atoms with E-state index in [9.17, 15) is 9.59 Å². The Hall–Kier alpha value is -1.65. The van der Waals surface area contributed by atoms with Crippen molar-refractivity contribution in [2.24, 2.45) is 0 Å². The van der Waals surface area contributed by atoms with Gasteiger partial charge in [-0.25, -0.2) is 4.79 Å². The predicted molar refractivity (Wildman–Crippen MR) is 47.3 cm³/mol. The van der Waals surface area contributed by atoms with Gasteiger partial charge in [-0.1, -0.05) is 19.0 Å². The molecule has 0 amide bonds. The summed E-state index contributed by atoms with van der Waals surface area (Å²) in [5.41, 5.74) is 0.109. The maximum Gasteiger partial charge on any atom is 0.343 e. The van der Waals surface area contributed by atoms with Crippen LogP contribution in [0.2, 0.25) is 0 Å². The standard InChI is InChI=1S/C9H11NO4/c1-5(2)8-7(9(12)13-3)6(4-11)10-14-8/h4-5H,1-3H3. The van der Waals surface area contributed by atoms with E-state index in [2.05, 4.69) is 9.89 Å². The lowest BCUT2D eigenvalue weighted by Gasteiger charge is -2.01. The Kier molecular flexibility index (Phi) is 3.01. The molecule has 0 saturated carbocycles. The molecule has 14 heavy (non-hydrogen) atoms. The number of aromatic nitrogens is 1. The van der Waals surface area contributed by atoms with Crippen molar-refractivity contribution in [1.82, 2.24) is 5.16 Å². The van der Waals surface area contributed by atoms with Gasteiger partial charge in [0.25, 0.3) is 0 Å². The monoisotopic (exact) mass is 197 g/mol. The summed E-state index contributed by atoms with van der Waals surface area (Å²) in [6.45, 7) is 3.67. The molecule has 1 aromatic heterocycles. The van der Waals surface area contributed by atoms with E-state index in [1.54, 1.807) is 0 Å². The van der Waals surface area contributed by atoms with Gasteiger partial charge in [0.15, 0.2) is 17.7 Å². The van der Waals surface area contributed by atoms with Gasteiger partial charge < -0.3 is 9.26 Å². The summed E-state index contributed by atoms with van der Waals surface area (Å²) in [6.07, 6.45) is 0.474. The molecule has 0 aromatic carbocycles. The van der Waals surface area contributed by atoms with Gasteiger partial charge in [-0.3, -0.25) is 4.79 Å². The zero-order valence-electron chi connectivity index (χ0n) is 8.23. The molecule has 5 heteroatoms. The van der Waals surface area contributed by atoms with Crippen LogP contribution in [0, 0.1) is 0 Å². The molecule has 0 radical (unpaired) electrons. The van der Waals surface area contributed by atoms with Crippen LogP contribution in [0.1, 0.15) is 46.4 Å². The van der Waals surface area contributed by atoms with Crippen molar-refractivity contribution in [3.05, 3.63) is 17.0 Å². The minimum atomic E-state index is -0.600. The Labute approximate surface area is 81.0 Å². The normalized spacial score (nSPS) is 10.3. The van der Waals surface area contributed by atoms with Gasteiger partial charge >= 0.3 is 5.97 Å². The third-order valence-corrected chi connectivity index (χ3v) is 1.77. The number of rotatable bonds is 3.